The van der Waals surface area contributed by atoms with Crippen LogP contribution < -0.4 is 0 Å². The maximum absolute atomic E-state index is 10.7. The first-order valence-corrected chi connectivity index (χ1v) is 5.51. The Balaban J connectivity index is 2.02. The molecule has 0 amide bonds. The van der Waals surface area contributed by atoms with Crippen molar-refractivity contribution in [2.75, 3.05) is 6.54 Å². The third kappa shape index (κ3) is 3.03. The van der Waals surface area contributed by atoms with Crippen molar-refractivity contribution < 1.29 is 9.90 Å². The second kappa shape index (κ2) is 4.61. The summed E-state index contributed by atoms with van der Waals surface area (Å²) in [6.45, 7) is 2.80. The number of nitrogens with zero attached hydrogens (tertiary/aromatic N) is 2. The van der Waals surface area contributed by atoms with Crippen LogP contribution in [0.5, 0.6) is 0 Å². The first-order chi connectivity index (χ1) is 7.65. The summed E-state index contributed by atoms with van der Waals surface area (Å²) in [5, 5.41) is 8.84. The van der Waals surface area contributed by atoms with Crippen LogP contribution in [0, 0.1) is 6.92 Å². The molecular formula is C12H16N2O2. The Bertz CT molecular complexity index is 388. The summed E-state index contributed by atoms with van der Waals surface area (Å²) in [6, 6.07) is 2.51. The Morgan fingerprint density at radius 3 is 2.88 bits per heavy atom. The molecule has 4 nitrogen and oxygen atoms in total. The van der Waals surface area contributed by atoms with E-state index in [1.165, 1.54) is 0 Å². The van der Waals surface area contributed by atoms with Crippen LogP contribution in [0.25, 0.3) is 0 Å². The zero-order valence-electron chi connectivity index (χ0n) is 9.39. The normalized spacial score (nSPS) is 15.4. The second-order valence-electron chi connectivity index (χ2n) is 4.40. The van der Waals surface area contributed by atoms with E-state index in [2.05, 4.69) is 11.1 Å². The van der Waals surface area contributed by atoms with E-state index in [0.717, 1.165) is 24.0 Å². The topological polar surface area (TPSA) is 53.4 Å². The predicted molar refractivity (Wildman–Crippen MR) is 60.0 cm³/mol. The van der Waals surface area contributed by atoms with E-state index >= 15 is 0 Å². The molecule has 1 aliphatic rings. The fraction of sp³-hybridized carbons (Fsp3) is 0.500. The van der Waals surface area contributed by atoms with Gasteiger partial charge in [-0.3, -0.25) is 14.7 Å². The van der Waals surface area contributed by atoms with Crippen molar-refractivity contribution >= 4 is 5.97 Å². The first kappa shape index (κ1) is 11.1. The molecule has 0 aromatic carbocycles. The van der Waals surface area contributed by atoms with E-state index in [4.69, 9.17) is 5.11 Å². The molecule has 4 heteroatoms. The molecule has 1 aliphatic carbocycles. The SMILES string of the molecule is Cc1cncc(CN(CC(=O)O)C2CC2)c1. The molecule has 0 bridgehead atoms. The van der Waals surface area contributed by atoms with Crippen LogP contribution >= 0.6 is 0 Å². The number of carboxylic acid groups (broad SMARTS) is 1. The summed E-state index contributed by atoms with van der Waals surface area (Å²) >= 11 is 0. The van der Waals surface area contributed by atoms with Crippen LogP contribution in [0.4, 0.5) is 0 Å². The molecule has 86 valence electrons. The van der Waals surface area contributed by atoms with Crippen molar-refractivity contribution in [1.82, 2.24) is 9.88 Å². The lowest BCUT2D eigenvalue weighted by Gasteiger charge is -2.19. The van der Waals surface area contributed by atoms with Gasteiger partial charge in [-0.15, -0.1) is 0 Å². The van der Waals surface area contributed by atoms with Gasteiger partial charge in [-0.2, -0.15) is 0 Å². The largest absolute Gasteiger partial charge is 0.480 e. The third-order valence-corrected chi connectivity index (χ3v) is 2.72. The van der Waals surface area contributed by atoms with Crippen molar-refractivity contribution in [1.29, 1.82) is 0 Å². The molecule has 0 unspecified atom stereocenters. The van der Waals surface area contributed by atoms with Crippen LogP contribution in [0.1, 0.15) is 24.0 Å². The van der Waals surface area contributed by atoms with Crippen molar-refractivity contribution in [2.24, 2.45) is 0 Å². The average Bonchev–Trinajstić information content (AvgIpc) is 2.99. The van der Waals surface area contributed by atoms with Crippen molar-refractivity contribution in [2.45, 2.75) is 32.4 Å². The summed E-state index contributed by atoms with van der Waals surface area (Å²) in [7, 11) is 0. The minimum atomic E-state index is -0.757. The lowest BCUT2D eigenvalue weighted by molar-refractivity contribution is -0.138. The molecule has 0 aliphatic heterocycles. The maximum atomic E-state index is 10.7. The van der Waals surface area contributed by atoms with Crippen LogP contribution in [-0.4, -0.2) is 33.5 Å². The molecular weight excluding hydrogens is 204 g/mol. The van der Waals surface area contributed by atoms with Crippen molar-refractivity contribution in [3.8, 4) is 0 Å². The molecule has 0 radical (unpaired) electrons. The molecule has 1 aromatic rings. The van der Waals surface area contributed by atoms with Crippen LogP contribution in [0.15, 0.2) is 18.5 Å². The number of hydrogen-bond acceptors (Lipinski definition) is 3. The molecule has 1 saturated carbocycles. The number of carboxylic acids is 1. The number of pyridine rings is 1. The van der Waals surface area contributed by atoms with Gasteiger partial charge in [0.2, 0.25) is 0 Å². The molecule has 0 atom stereocenters. The molecule has 0 spiro atoms. The summed E-state index contributed by atoms with van der Waals surface area (Å²) in [5.74, 6) is -0.757. The quantitative estimate of drug-likeness (QED) is 0.815. The highest BCUT2D eigenvalue weighted by atomic mass is 16.4. The van der Waals surface area contributed by atoms with E-state index in [0.29, 0.717) is 12.6 Å². The first-order valence-electron chi connectivity index (χ1n) is 5.51. The molecule has 1 heterocycles. The highest BCUT2D eigenvalue weighted by Crippen LogP contribution is 2.27. The minimum absolute atomic E-state index is 0.124. The van der Waals surface area contributed by atoms with Gasteiger partial charge < -0.3 is 5.11 Å². The van der Waals surface area contributed by atoms with Crippen LogP contribution in [0.3, 0.4) is 0 Å². The fourth-order valence-electron chi connectivity index (χ4n) is 1.87. The van der Waals surface area contributed by atoms with Gasteiger partial charge in [0.1, 0.15) is 0 Å². The zero-order chi connectivity index (χ0) is 11.5. The van der Waals surface area contributed by atoms with E-state index in [1.807, 2.05) is 24.2 Å². The molecule has 1 aromatic heterocycles. The van der Waals surface area contributed by atoms with E-state index in [9.17, 15) is 4.79 Å². The monoisotopic (exact) mass is 220 g/mol. The standard InChI is InChI=1S/C12H16N2O2/c1-9-4-10(6-13-5-9)7-14(8-12(15)16)11-2-3-11/h4-6,11H,2-3,7-8H2,1H3,(H,15,16). The van der Waals surface area contributed by atoms with E-state index in [-0.39, 0.29) is 6.54 Å². The Labute approximate surface area is 94.9 Å². The number of aromatic nitrogens is 1. The summed E-state index contributed by atoms with van der Waals surface area (Å²) < 4.78 is 0. The number of aliphatic carboxylic acids is 1. The zero-order valence-corrected chi connectivity index (χ0v) is 9.39. The van der Waals surface area contributed by atoms with Crippen molar-refractivity contribution in [3.63, 3.8) is 0 Å². The highest BCUT2D eigenvalue weighted by Gasteiger charge is 2.30. The lowest BCUT2D eigenvalue weighted by atomic mass is 10.2. The van der Waals surface area contributed by atoms with Gasteiger partial charge in [-0.05, 0) is 30.9 Å². The molecule has 1 N–H and O–H groups in total. The van der Waals surface area contributed by atoms with E-state index in [1.54, 1.807) is 0 Å². The molecule has 0 saturated heterocycles. The average molecular weight is 220 g/mol. The van der Waals surface area contributed by atoms with Gasteiger partial charge >= 0.3 is 5.97 Å². The third-order valence-electron chi connectivity index (χ3n) is 2.72. The number of carbonyl (C=O) groups is 1. The van der Waals surface area contributed by atoms with Crippen LogP contribution in [0.2, 0.25) is 0 Å². The number of rotatable bonds is 5. The number of hydrogen-bond donors (Lipinski definition) is 1. The second-order valence-corrected chi connectivity index (χ2v) is 4.40. The van der Waals surface area contributed by atoms with Gasteiger partial charge in [0.05, 0.1) is 6.54 Å². The number of aryl methyl sites for hydroxylation is 1. The van der Waals surface area contributed by atoms with Gasteiger partial charge in [0.15, 0.2) is 0 Å². The molecule has 1 fully saturated rings. The minimum Gasteiger partial charge on any atom is -0.480 e. The Hall–Kier alpha value is -1.42. The fourth-order valence-corrected chi connectivity index (χ4v) is 1.87. The Morgan fingerprint density at radius 2 is 2.31 bits per heavy atom. The Morgan fingerprint density at radius 1 is 1.56 bits per heavy atom. The van der Waals surface area contributed by atoms with Gasteiger partial charge in [0.25, 0.3) is 0 Å². The predicted octanol–water partition coefficient (Wildman–Crippen LogP) is 1.44. The summed E-state index contributed by atoms with van der Waals surface area (Å²) in [4.78, 5) is 16.9. The lowest BCUT2D eigenvalue weighted by Crippen LogP contribution is -2.31. The van der Waals surface area contributed by atoms with Crippen LogP contribution in [-0.2, 0) is 11.3 Å². The van der Waals surface area contributed by atoms with E-state index < -0.39 is 5.97 Å². The van der Waals surface area contributed by atoms with Gasteiger partial charge in [0, 0.05) is 25.0 Å². The Kier molecular flexibility index (Phi) is 3.19. The highest BCUT2D eigenvalue weighted by molar-refractivity contribution is 5.69. The summed E-state index contributed by atoms with van der Waals surface area (Å²) in [5.41, 5.74) is 2.21. The molecule has 2 rings (SSSR count). The maximum Gasteiger partial charge on any atom is 0.317 e. The summed E-state index contributed by atoms with van der Waals surface area (Å²) in [6.07, 6.45) is 5.85. The van der Waals surface area contributed by atoms with Gasteiger partial charge in [-0.1, -0.05) is 6.07 Å². The molecule has 16 heavy (non-hydrogen) atoms. The van der Waals surface area contributed by atoms with Crippen molar-refractivity contribution in [3.05, 3.63) is 29.6 Å². The van der Waals surface area contributed by atoms with Gasteiger partial charge in [-0.25, -0.2) is 0 Å². The smallest absolute Gasteiger partial charge is 0.317 e.